The first-order chi connectivity index (χ1) is 15.5. The lowest BCUT2D eigenvalue weighted by Crippen LogP contribution is -2.35. The molecule has 2 aliphatic rings. The lowest BCUT2D eigenvalue weighted by molar-refractivity contribution is -0.0322. The van der Waals surface area contributed by atoms with E-state index in [1.807, 2.05) is 0 Å². The van der Waals surface area contributed by atoms with Crippen molar-refractivity contribution in [2.75, 3.05) is 11.9 Å². The van der Waals surface area contributed by atoms with Crippen molar-refractivity contribution in [2.24, 2.45) is 11.5 Å². The number of nitrogens with two attached hydrogens (primary N) is 2. The zero-order valence-corrected chi connectivity index (χ0v) is 17.1. The molecule has 4 heterocycles. The fourth-order valence-electron chi connectivity index (χ4n) is 4.19. The summed E-state index contributed by atoms with van der Waals surface area (Å²) >= 11 is 0. The van der Waals surface area contributed by atoms with Crippen LogP contribution in [0.1, 0.15) is 42.4 Å². The Morgan fingerprint density at radius 3 is 2.69 bits per heavy atom. The molecule has 0 bridgehead atoms. The molecule has 7 N–H and O–H groups in total. The van der Waals surface area contributed by atoms with Gasteiger partial charge < -0.3 is 31.7 Å². The Morgan fingerprint density at radius 2 is 2.03 bits per heavy atom. The molecule has 0 radical (unpaired) electrons. The number of nitrogens with one attached hydrogen (secondary N) is 1. The molecular formula is C18H24N10O4. The van der Waals surface area contributed by atoms with Gasteiger partial charge in [0.15, 0.2) is 28.9 Å². The van der Waals surface area contributed by atoms with Gasteiger partial charge in [0.05, 0.1) is 12.5 Å². The van der Waals surface area contributed by atoms with Gasteiger partial charge in [-0.25, -0.2) is 4.98 Å². The standard InChI is InChI=1S/C18H24N10O4/c19-5-10-12(29)13(30)17(32-10)27-7-21-11-15(22-8-3-1-2-4-8)23-18(24-16(11)27)28-6-9(14(20)31)25-26-28/h6-8,10,12-13,17,29-30H,1-5,19H2,(H2,20,31)(H,22,23,24)/t10-,12-,13-,17-/m1/s1. The van der Waals surface area contributed by atoms with Crippen LogP contribution in [0.4, 0.5) is 5.82 Å². The van der Waals surface area contributed by atoms with E-state index < -0.39 is 30.4 Å². The number of hydrogen-bond donors (Lipinski definition) is 5. The largest absolute Gasteiger partial charge is 0.387 e. The fourth-order valence-corrected chi connectivity index (χ4v) is 4.19. The van der Waals surface area contributed by atoms with Crippen molar-refractivity contribution < 1.29 is 19.7 Å². The van der Waals surface area contributed by atoms with Crippen molar-refractivity contribution in [3.63, 3.8) is 0 Å². The highest BCUT2D eigenvalue weighted by molar-refractivity contribution is 5.90. The van der Waals surface area contributed by atoms with Crippen molar-refractivity contribution in [3.8, 4) is 5.95 Å². The first-order valence-electron chi connectivity index (χ1n) is 10.4. The number of carbonyl (C=O) groups excluding carboxylic acids is 1. The number of primary amides is 1. The second-order valence-corrected chi connectivity index (χ2v) is 8.02. The summed E-state index contributed by atoms with van der Waals surface area (Å²) in [5.41, 5.74) is 11.7. The molecule has 14 nitrogen and oxygen atoms in total. The number of hydrogen-bond acceptors (Lipinski definition) is 11. The van der Waals surface area contributed by atoms with Gasteiger partial charge in [0, 0.05) is 12.6 Å². The van der Waals surface area contributed by atoms with E-state index in [1.165, 1.54) is 21.8 Å². The molecule has 1 saturated carbocycles. The Hall–Kier alpha value is -3.20. The summed E-state index contributed by atoms with van der Waals surface area (Å²) in [6.45, 7) is 0.0466. The number of carbonyl (C=O) groups is 1. The lowest BCUT2D eigenvalue weighted by atomic mass is 10.1. The highest BCUT2D eigenvalue weighted by Gasteiger charge is 2.43. The summed E-state index contributed by atoms with van der Waals surface area (Å²) in [5.74, 6) is -0.116. The van der Waals surface area contributed by atoms with Crippen LogP contribution in [-0.2, 0) is 4.74 Å². The smallest absolute Gasteiger partial charge is 0.270 e. The Labute approximate surface area is 181 Å². The van der Waals surface area contributed by atoms with Crippen LogP contribution in [0.2, 0.25) is 0 Å². The maximum absolute atomic E-state index is 11.4. The molecule has 1 aliphatic heterocycles. The Balaban J connectivity index is 1.61. The number of aliphatic hydroxyl groups is 2. The van der Waals surface area contributed by atoms with Gasteiger partial charge in [-0.15, -0.1) is 5.10 Å². The molecule has 2 fully saturated rings. The molecule has 0 unspecified atom stereocenters. The first kappa shape index (κ1) is 20.7. The van der Waals surface area contributed by atoms with Crippen molar-refractivity contribution in [2.45, 2.75) is 56.3 Å². The Kier molecular flexibility index (Phi) is 5.21. The predicted octanol–water partition coefficient (Wildman–Crippen LogP) is -1.56. The van der Waals surface area contributed by atoms with Gasteiger partial charge in [-0.1, -0.05) is 18.1 Å². The van der Waals surface area contributed by atoms with E-state index in [1.54, 1.807) is 0 Å². The Bertz CT molecular complexity index is 1140. The number of amides is 1. The molecule has 170 valence electrons. The van der Waals surface area contributed by atoms with Gasteiger partial charge in [-0.05, 0) is 12.8 Å². The molecule has 0 spiro atoms. The van der Waals surface area contributed by atoms with Crippen molar-refractivity contribution in [1.29, 1.82) is 0 Å². The van der Waals surface area contributed by atoms with E-state index in [2.05, 4.69) is 30.6 Å². The molecule has 3 aromatic rings. The second-order valence-electron chi connectivity index (χ2n) is 8.02. The number of aromatic nitrogens is 7. The van der Waals surface area contributed by atoms with E-state index in [0.29, 0.717) is 17.0 Å². The van der Waals surface area contributed by atoms with Crippen molar-refractivity contribution in [1.82, 2.24) is 34.5 Å². The van der Waals surface area contributed by atoms with E-state index in [4.69, 9.17) is 16.2 Å². The fraction of sp³-hybridized carbons (Fsp3) is 0.556. The SMILES string of the molecule is NC[C@H]1O[C@@H](n2cnc3c(NC4CCCC4)nc(-n4cc(C(N)=O)nn4)nc32)[C@H](O)[C@@H]1O. The zero-order valence-electron chi connectivity index (χ0n) is 17.1. The number of fused-ring (bicyclic) bond motifs is 1. The van der Waals surface area contributed by atoms with Gasteiger partial charge in [0.2, 0.25) is 0 Å². The average molecular weight is 444 g/mol. The van der Waals surface area contributed by atoms with E-state index >= 15 is 0 Å². The molecule has 32 heavy (non-hydrogen) atoms. The minimum atomic E-state index is -1.22. The highest BCUT2D eigenvalue weighted by atomic mass is 16.6. The zero-order chi connectivity index (χ0) is 22.4. The monoisotopic (exact) mass is 444 g/mol. The molecule has 1 saturated heterocycles. The summed E-state index contributed by atoms with van der Waals surface area (Å²) in [7, 11) is 0. The second kappa shape index (κ2) is 8.05. The number of aliphatic hydroxyl groups excluding tert-OH is 2. The van der Waals surface area contributed by atoms with Crippen LogP contribution in [-0.4, -0.2) is 81.5 Å². The molecule has 5 rings (SSSR count). The molecular weight excluding hydrogens is 420 g/mol. The number of anilines is 1. The molecule has 0 aromatic carbocycles. The quantitative estimate of drug-likeness (QED) is 0.294. The Morgan fingerprint density at radius 1 is 1.25 bits per heavy atom. The summed E-state index contributed by atoms with van der Waals surface area (Å²) in [6, 6.07) is 0.236. The lowest BCUT2D eigenvalue weighted by Gasteiger charge is -2.17. The molecule has 1 amide bonds. The summed E-state index contributed by atoms with van der Waals surface area (Å²) in [5, 5.41) is 31.8. The van der Waals surface area contributed by atoms with E-state index in [-0.39, 0.29) is 24.2 Å². The normalized spacial score (nSPS) is 26.2. The molecule has 14 heteroatoms. The maximum Gasteiger partial charge on any atom is 0.270 e. The molecule has 3 aromatic heterocycles. The van der Waals surface area contributed by atoms with Crippen LogP contribution in [0.25, 0.3) is 17.1 Å². The van der Waals surface area contributed by atoms with E-state index in [9.17, 15) is 15.0 Å². The van der Waals surface area contributed by atoms with Crippen LogP contribution < -0.4 is 16.8 Å². The van der Waals surface area contributed by atoms with Gasteiger partial charge in [0.25, 0.3) is 11.9 Å². The summed E-state index contributed by atoms with van der Waals surface area (Å²) < 4.78 is 8.52. The van der Waals surface area contributed by atoms with Gasteiger partial charge in [-0.3, -0.25) is 9.36 Å². The summed E-state index contributed by atoms with van der Waals surface area (Å²) in [6.07, 6.45) is 3.03. The third-order valence-corrected chi connectivity index (χ3v) is 5.90. The van der Waals surface area contributed by atoms with Gasteiger partial charge >= 0.3 is 0 Å². The average Bonchev–Trinajstić information content (AvgIpc) is 3.56. The number of imidazole rings is 1. The van der Waals surface area contributed by atoms with Crippen LogP contribution >= 0.6 is 0 Å². The molecule has 4 atom stereocenters. The summed E-state index contributed by atoms with van der Waals surface area (Å²) in [4.78, 5) is 24.9. The third kappa shape index (κ3) is 3.46. The van der Waals surface area contributed by atoms with Crippen LogP contribution in [0.5, 0.6) is 0 Å². The third-order valence-electron chi connectivity index (χ3n) is 5.90. The first-order valence-corrected chi connectivity index (χ1v) is 10.4. The number of ether oxygens (including phenoxy) is 1. The van der Waals surface area contributed by atoms with Gasteiger partial charge in [0.1, 0.15) is 18.3 Å². The maximum atomic E-state index is 11.4. The number of rotatable bonds is 6. The number of nitrogens with zero attached hydrogens (tertiary/aromatic N) is 7. The van der Waals surface area contributed by atoms with Crippen LogP contribution in [0, 0.1) is 0 Å². The van der Waals surface area contributed by atoms with Crippen molar-refractivity contribution >= 4 is 22.9 Å². The van der Waals surface area contributed by atoms with Gasteiger partial charge in [-0.2, -0.15) is 14.6 Å². The minimum Gasteiger partial charge on any atom is -0.387 e. The predicted molar refractivity (Wildman–Crippen MR) is 110 cm³/mol. The van der Waals surface area contributed by atoms with Crippen LogP contribution in [0.15, 0.2) is 12.5 Å². The van der Waals surface area contributed by atoms with E-state index in [0.717, 1.165) is 25.7 Å². The van der Waals surface area contributed by atoms with Crippen LogP contribution in [0.3, 0.4) is 0 Å². The minimum absolute atomic E-state index is 0.0315. The van der Waals surface area contributed by atoms with Crippen molar-refractivity contribution in [3.05, 3.63) is 18.2 Å². The highest BCUT2D eigenvalue weighted by Crippen LogP contribution is 2.33. The topological polar surface area (TPSA) is 205 Å². The molecule has 1 aliphatic carbocycles.